The third-order valence-corrected chi connectivity index (χ3v) is 8.86. The molecular formula is C35H28F7N7O2. The van der Waals surface area contributed by atoms with Gasteiger partial charge in [0.15, 0.2) is 11.5 Å². The number of pyridine rings is 1. The lowest BCUT2D eigenvalue weighted by Crippen LogP contribution is -2.35. The molecule has 0 radical (unpaired) electrons. The molecule has 0 bridgehead atoms. The Morgan fingerprint density at radius 3 is 2.55 bits per heavy atom. The molecule has 5 N–H and O–H groups in total. The van der Waals surface area contributed by atoms with E-state index in [1.54, 1.807) is 24.3 Å². The van der Waals surface area contributed by atoms with Gasteiger partial charge in [0.2, 0.25) is 5.91 Å². The van der Waals surface area contributed by atoms with Crippen molar-refractivity contribution < 1.29 is 40.6 Å². The standard InChI is InChI=1S/C35H28F7N7O2/c1-33(2,51)9-8-19-6-7-21(20-4-3-5-22-28(20)46-47-32(22)43)29(44-19)25(12-16-10-17(36)13-18(37)11-16)45-26(50)15-49-31-27(30(48-49)35(40,41)42)23-14-24(23)34(31,38)39/h3-7,10-11,13,23-25,51H,12,14-15H2,1-2H3,(H,45,50)(H3,43,46,47). The van der Waals surface area contributed by atoms with Gasteiger partial charge in [0.1, 0.15) is 35.2 Å². The summed E-state index contributed by atoms with van der Waals surface area (Å²) in [5, 5.41) is 23.7. The van der Waals surface area contributed by atoms with Crippen LogP contribution in [0.3, 0.4) is 0 Å². The van der Waals surface area contributed by atoms with E-state index in [9.17, 15) is 31.9 Å². The van der Waals surface area contributed by atoms with Gasteiger partial charge in [-0.1, -0.05) is 18.1 Å². The number of carbonyl (C=O) groups is 1. The van der Waals surface area contributed by atoms with E-state index in [2.05, 4.69) is 37.4 Å². The van der Waals surface area contributed by atoms with Crippen molar-refractivity contribution in [1.82, 2.24) is 30.3 Å². The molecule has 1 saturated carbocycles. The normalized spacial score (nSPS) is 18.2. The fourth-order valence-corrected chi connectivity index (χ4v) is 6.69. The van der Waals surface area contributed by atoms with Crippen molar-refractivity contribution in [3.05, 3.63) is 94.1 Å². The number of halogens is 7. The minimum Gasteiger partial charge on any atom is -0.382 e. The first kappa shape index (κ1) is 34.0. The number of nitrogens with zero attached hydrogens (tertiary/aromatic N) is 4. The number of aromatic amines is 1. The molecule has 3 aromatic heterocycles. The number of benzene rings is 2. The predicted octanol–water partition coefficient (Wildman–Crippen LogP) is 6.13. The van der Waals surface area contributed by atoms with Crippen molar-refractivity contribution in [2.24, 2.45) is 5.92 Å². The van der Waals surface area contributed by atoms with Gasteiger partial charge in [-0.05, 0) is 74.4 Å². The van der Waals surface area contributed by atoms with Crippen molar-refractivity contribution in [2.45, 2.75) is 62.9 Å². The highest BCUT2D eigenvalue weighted by molar-refractivity contribution is 5.99. The molecule has 0 spiro atoms. The van der Waals surface area contributed by atoms with Crippen LogP contribution in [0.5, 0.6) is 0 Å². The lowest BCUT2D eigenvalue weighted by molar-refractivity contribution is -0.142. The number of para-hydroxylation sites is 1. The van der Waals surface area contributed by atoms with Crippen LogP contribution in [0.4, 0.5) is 36.6 Å². The number of H-pyrrole nitrogens is 1. The molecule has 2 aromatic carbocycles. The maximum absolute atomic E-state index is 15.3. The van der Waals surface area contributed by atoms with Crippen LogP contribution in [0, 0.1) is 29.4 Å². The second-order valence-corrected chi connectivity index (χ2v) is 13.2. The number of nitrogen functional groups attached to an aromatic ring is 1. The van der Waals surface area contributed by atoms with Crippen LogP contribution in [-0.2, 0) is 29.9 Å². The molecule has 9 nitrogen and oxygen atoms in total. The van der Waals surface area contributed by atoms with Gasteiger partial charge in [-0.15, -0.1) is 0 Å². The number of hydrogen-bond donors (Lipinski definition) is 4. The number of alkyl halides is 5. The molecule has 16 heteroatoms. The number of nitrogens with one attached hydrogen (secondary N) is 2. The molecule has 264 valence electrons. The molecule has 0 aliphatic heterocycles. The molecular weight excluding hydrogens is 683 g/mol. The van der Waals surface area contributed by atoms with Gasteiger partial charge >= 0.3 is 6.18 Å². The van der Waals surface area contributed by atoms with E-state index in [1.807, 2.05) is 0 Å². The van der Waals surface area contributed by atoms with Gasteiger partial charge in [-0.2, -0.15) is 32.1 Å². The molecule has 3 unspecified atom stereocenters. The van der Waals surface area contributed by atoms with Gasteiger partial charge in [0, 0.05) is 34.1 Å². The fourth-order valence-electron chi connectivity index (χ4n) is 6.69. The number of amides is 1. The van der Waals surface area contributed by atoms with Crippen LogP contribution in [0.2, 0.25) is 0 Å². The van der Waals surface area contributed by atoms with Gasteiger partial charge in [0.25, 0.3) is 5.92 Å². The van der Waals surface area contributed by atoms with E-state index in [-0.39, 0.29) is 35.6 Å². The third kappa shape index (κ3) is 6.37. The summed E-state index contributed by atoms with van der Waals surface area (Å²) in [4.78, 5) is 18.4. The van der Waals surface area contributed by atoms with E-state index in [0.717, 1.165) is 12.1 Å². The third-order valence-electron chi connectivity index (χ3n) is 8.86. The fraction of sp³-hybridized carbons (Fsp3) is 0.314. The summed E-state index contributed by atoms with van der Waals surface area (Å²) in [6.07, 6.45) is -5.47. The molecule has 0 saturated heterocycles. The second kappa shape index (κ2) is 11.8. The Morgan fingerprint density at radius 2 is 1.86 bits per heavy atom. The number of fused-ring (bicyclic) bond motifs is 4. The topological polar surface area (TPSA) is 135 Å². The zero-order valence-electron chi connectivity index (χ0n) is 26.8. The van der Waals surface area contributed by atoms with E-state index in [4.69, 9.17) is 5.73 Å². The Bertz CT molecular complexity index is 2260. The predicted molar refractivity (Wildman–Crippen MR) is 170 cm³/mol. The first-order valence-corrected chi connectivity index (χ1v) is 15.7. The van der Waals surface area contributed by atoms with E-state index >= 15 is 8.78 Å². The van der Waals surface area contributed by atoms with Gasteiger partial charge < -0.3 is 16.2 Å². The Hall–Kier alpha value is -5.43. The number of hydrogen-bond acceptors (Lipinski definition) is 6. The lowest BCUT2D eigenvalue weighted by Gasteiger charge is -2.23. The highest BCUT2D eigenvalue weighted by Crippen LogP contribution is 2.68. The molecule has 3 heterocycles. The quantitative estimate of drug-likeness (QED) is 0.119. The summed E-state index contributed by atoms with van der Waals surface area (Å²) in [6.45, 7) is 1.87. The largest absolute Gasteiger partial charge is 0.435 e. The number of nitrogens with two attached hydrogens (primary N) is 1. The molecule has 7 rings (SSSR count). The van der Waals surface area contributed by atoms with Crippen LogP contribution in [0.1, 0.15) is 66.1 Å². The van der Waals surface area contributed by atoms with Crippen LogP contribution < -0.4 is 11.1 Å². The smallest absolute Gasteiger partial charge is 0.382 e. The number of anilines is 1. The van der Waals surface area contributed by atoms with Crippen molar-refractivity contribution >= 4 is 22.6 Å². The number of rotatable bonds is 7. The maximum Gasteiger partial charge on any atom is 0.435 e. The minimum absolute atomic E-state index is 0.0634. The average molecular weight is 712 g/mol. The Labute approximate surface area is 285 Å². The summed E-state index contributed by atoms with van der Waals surface area (Å²) >= 11 is 0. The van der Waals surface area contributed by atoms with Crippen molar-refractivity contribution in [2.75, 3.05) is 5.73 Å². The van der Waals surface area contributed by atoms with Gasteiger partial charge in [-0.25, -0.2) is 13.8 Å². The van der Waals surface area contributed by atoms with E-state index in [1.165, 1.54) is 19.9 Å². The summed E-state index contributed by atoms with van der Waals surface area (Å²) in [5.74, 6) is -3.25. The van der Waals surface area contributed by atoms with Crippen LogP contribution >= 0.6 is 0 Å². The van der Waals surface area contributed by atoms with Crippen molar-refractivity contribution in [3.63, 3.8) is 0 Å². The number of aromatic nitrogens is 5. The molecule has 2 aliphatic rings. The van der Waals surface area contributed by atoms with Crippen LogP contribution in [0.15, 0.2) is 48.5 Å². The molecule has 3 atom stereocenters. The molecule has 5 aromatic rings. The van der Waals surface area contributed by atoms with Crippen LogP contribution in [-0.4, -0.2) is 41.6 Å². The lowest BCUT2D eigenvalue weighted by atomic mass is 9.93. The van der Waals surface area contributed by atoms with E-state index < -0.39 is 76.6 Å². The molecule has 1 amide bonds. The second-order valence-electron chi connectivity index (χ2n) is 13.2. The summed E-state index contributed by atoms with van der Waals surface area (Å²) in [5.41, 5.74) is 3.19. The monoisotopic (exact) mass is 711 g/mol. The summed E-state index contributed by atoms with van der Waals surface area (Å²) in [6, 6.07) is 9.67. The van der Waals surface area contributed by atoms with Crippen LogP contribution in [0.25, 0.3) is 22.0 Å². The first-order valence-electron chi connectivity index (χ1n) is 15.7. The van der Waals surface area contributed by atoms with Crippen molar-refractivity contribution in [1.29, 1.82) is 0 Å². The average Bonchev–Trinajstić information content (AvgIpc) is 3.53. The van der Waals surface area contributed by atoms with Gasteiger partial charge in [0.05, 0.1) is 17.3 Å². The minimum atomic E-state index is -5.04. The molecule has 51 heavy (non-hydrogen) atoms. The first-order chi connectivity index (χ1) is 23.9. The Kier molecular flexibility index (Phi) is 7.90. The zero-order chi connectivity index (χ0) is 36.6. The highest BCUT2D eigenvalue weighted by atomic mass is 19.4. The summed E-state index contributed by atoms with van der Waals surface area (Å²) in [7, 11) is 0. The number of aliphatic hydroxyl groups is 1. The summed E-state index contributed by atoms with van der Waals surface area (Å²) < 4.78 is 101. The molecule has 1 fully saturated rings. The highest BCUT2D eigenvalue weighted by Gasteiger charge is 2.68. The Morgan fingerprint density at radius 1 is 1.14 bits per heavy atom. The molecule has 2 aliphatic carbocycles. The number of carbonyl (C=O) groups excluding carboxylic acids is 1. The van der Waals surface area contributed by atoms with E-state index in [0.29, 0.717) is 32.8 Å². The SMILES string of the molecule is CC(C)(O)C#Cc1ccc(-c2cccc3c(N)n[nH]c23)c(C(Cc2cc(F)cc(F)c2)NC(=O)Cn2nc(C(F)(F)F)c3c2C(F)(F)C2CC32)n1. The maximum atomic E-state index is 15.3. The Balaban J connectivity index is 1.34. The van der Waals surface area contributed by atoms with Gasteiger partial charge in [-0.3, -0.25) is 14.6 Å². The van der Waals surface area contributed by atoms with Crippen molar-refractivity contribution in [3.8, 4) is 23.0 Å². The zero-order valence-corrected chi connectivity index (χ0v) is 26.8.